The Morgan fingerprint density at radius 2 is 1.86 bits per heavy atom. The third-order valence-electron chi connectivity index (χ3n) is 2.39. The van der Waals surface area contributed by atoms with Gasteiger partial charge < -0.3 is 9.47 Å². The van der Waals surface area contributed by atoms with Crippen LogP contribution in [-0.2, 0) is 19.1 Å². The van der Waals surface area contributed by atoms with E-state index < -0.39 is 17.9 Å². The number of rotatable bonds is 3. The number of hydrogen-bond acceptors (Lipinski definition) is 4. The number of methoxy groups -OCH3 is 2. The lowest BCUT2D eigenvalue weighted by Gasteiger charge is -2.17. The van der Waals surface area contributed by atoms with E-state index in [4.69, 9.17) is 0 Å². The zero-order valence-electron chi connectivity index (χ0n) is 8.36. The van der Waals surface area contributed by atoms with Gasteiger partial charge in [-0.25, -0.2) is 0 Å². The van der Waals surface area contributed by atoms with Gasteiger partial charge in [0, 0.05) is 5.92 Å². The monoisotopic (exact) mass is 198 g/mol. The van der Waals surface area contributed by atoms with Crippen molar-refractivity contribution >= 4 is 11.9 Å². The molecule has 4 nitrogen and oxygen atoms in total. The largest absolute Gasteiger partial charge is 0.468 e. The van der Waals surface area contributed by atoms with Crippen LogP contribution in [0.2, 0.25) is 0 Å². The molecule has 1 atom stereocenters. The van der Waals surface area contributed by atoms with Gasteiger partial charge in [-0.2, -0.15) is 0 Å². The van der Waals surface area contributed by atoms with Gasteiger partial charge in [0.2, 0.25) is 0 Å². The van der Waals surface area contributed by atoms with Gasteiger partial charge >= 0.3 is 11.9 Å². The molecule has 0 saturated carbocycles. The maximum Gasteiger partial charge on any atom is 0.320 e. The van der Waals surface area contributed by atoms with Crippen molar-refractivity contribution in [3.05, 3.63) is 12.2 Å². The van der Waals surface area contributed by atoms with Crippen LogP contribution in [0.3, 0.4) is 0 Å². The second-order valence-electron chi connectivity index (χ2n) is 3.19. The van der Waals surface area contributed by atoms with Gasteiger partial charge in [0.15, 0.2) is 5.92 Å². The quantitative estimate of drug-likeness (QED) is 0.384. The summed E-state index contributed by atoms with van der Waals surface area (Å²) in [6.07, 6.45) is 5.53. The fourth-order valence-electron chi connectivity index (χ4n) is 1.63. The van der Waals surface area contributed by atoms with Gasteiger partial charge in [-0.05, 0) is 12.8 Å². The van der Waals surface area contributed by atoms with E-state index in [0.717, 1.165) is 12.8 Å². The molecule has 0 aromatic heterocycles. The first kappa shape index (κ1) is 10.8. The van der Waals surface area contributed by atoms with Crippen molar-refractivity contribution < 1.29 is 19.1 Å². The molecule has 0 bridgehead atoms. The molecule has 0 amide bonds. The van der Waals surface area contributed by atoms with Crippen molar-refractivity contribution in [2.24, 2.45) is 11.8 Å². The van der Waals surface area contributed by atoms with Crippen LogP contribution in [0.1, 0.15) is 12.8 Å². The summed E-state index contributed by atoms with van der Waals surface area (Å²) in [5.41, 5.74) is 0. The number of esters is 2. The highest BCUT2D eigenvalue weighted by Gasteiger charge is 2.36. The topological polar surface area (TPSA) is 52.6 Å². The van der Waals surface area contributed by atoms with E-state index in [0.29, 0.717) is 0 Å². The highest BCUT2D eigenvalue weighted by atomic mass is 16.5. The molecular weight excluding hydrogens is 184 g/mol. The van der Waals surface area contributed by atoms with Crippen LogP contribution in [-0.4, -0.2) is 26.2 Å². The Morgan fingerprint density at radius 1 is 1.29 bits per heavy atom. The molecule has 1 aliphatic rings. The van der Waals surface area contributed by atoms with Crippen molar-refractivity contribution in [3.63, 3.8) is 0 Å². The van der Waals surface area contributed by atoms with E-state index in [2.05, 4.69) is 9.47 Å². The molecule has 0 unspecified atom stereocenters. The molecule has 0 aromatic rings. The SMILES string of the molecule is COC(=O)C(C(=O)OC)[C@H]1C=CCC1. The van der Waals surface area contributed by atoms with E-state index >= 15 is 0 Å². The molecule has 0 aliphatic heterocycles. The van der Waals surface area contributed by atoms with E-state index in [-0.39, 0.29) is 5.92 Å². The maximum absolute atomic E-state index is 11.3. The Hall–Kier alpha value is -1.32. The summed E-state index contributed by atoms with van der Waals surface area (Å²) in [5, 5.41) is 0. The molecule has 0 saturated heterocycles. The molecule has 0 radical (unpaired) electrons. The van der Waals surface area contributed by atoms with Crippen LogP contribution in [0.5, 0.6) is 0 Å². The van der Waals surface area contributed by atoms with E-state index in [1.54, 1.807) is 0 Å². The Balaban J connectivity index is 2.75. The molecule has 4 heteroatoms. The lowest BCUT2D eigenvalue weighted by atomic mass is 9.92. The number of ether oxygens (including phenoxy) is 2. The molecule has 0 aromatic carbocycles. The fourth-order valence-corrected chi connectivity index (χ4v) is 1.63. The highest BCUT2D eigenvalue weighted by Crippen LogP contribution is 2.27. The summed E-state index contributed by atoms with van der Waals surface area (Å²) in [7, 11) is 2.55. The molecule has 0 heterocycles. The smallest absolute Gasteiger partial charge is 0.320 e. The van der Waals surface area contributed by atoms with E-state index in [1.165, 1.54) is 14.2 Å². The Kier molecular flexibility index (Phi) is 3.68. The van der Waals surface area contributed by atoms with E-state index in [9.17, 15) is 9.59 Å². The minimum atomic E-state index is -0.802. The Morgan fingerprint density at radius 3 is 2.21 bits per heavy atom. The lowest BCUT2D eigenvalue weighted by Crippen LogP contribution is -2.31. The average molecular weight is 198 g/mol. The molecule has 1 rings (SSSR count). The van der Waals surface area contributed by atoms with Crippen LogP contribution >= 0.6 is 0 Å². The molecule has 0 spiro atoms. The van der Waals surface area contributed by atoms with Gasteiger partial charge in [0.25, 0.3) is 0 Å². The van der Waals surface area contributed by atoms with Gasteiger partial charge in [0.1, 0.15) is 0 Å². The Labute approximate surface area is 82.9 Å². The molecule has 0 fully saturated rings. The molecule has 14 heavy (non-hydrogen) atoms. The van der Waals surface area contributed by atoms with E-state index in [1.807, 2.05) is 12.2 Å². The predicted molar refractivity (Wildman–Crippen MR) is 49.4 cm³/mol. The summed E-state index contributed by atoms with van der Waals surface area (Å²) in [5.74, 6) is -1.92. The third kappa shape index (κ3) is 2.13. The second-order valence-corrected chi connectivity index (χ2v) is 3.19. The maximum atomic E-state index is 11.3. The van der Waals surface area contributed by atoms with Crippen LogP contribution in [0, 0.1) is 11.8 Å². The summed E-state index contributed by atoms with van der Waals surface area (Å²) >= 11 is 0. The fraction of sp³-hybridized carbons (Fsp3) is 0.600. The number of allylic oxidation sites excluding steroid dienone is 2. The van der Waals surface area contributed by atoms with Crippen LogP contribution in [0.25, 0.3) is 0 Å². The summed E-state index contributed by atoms with van der Waals surface area (Å²) in [6, 6.07) is 0. The molecule has 78 valence electrons. The average Bonchev–Trinajstić information content (AvgIpc) is 2.70. The molecule has 0 N–H and O–H groups in total. The van der Waals surface area contributed by atoms with Crippen LogP contribution in [0.15, 0.2) is 12.2 Å². The predicted octanol–water partition coefficient (Wildman–Crippen LogP) is 0.915. The van der Waals surface area contributed by atoms with Gasteiger partial charge in [-0.1, -0.05) is 12.2 Å². The minimum absolute atomic E-state index is 0.0742. The first-order valence-electron chi connectivity index (χ1n) is 4.53. The normalized spacial score (nSPS) is 19.8. The third-order valence-corrected chi connectivity index (χ3v) is 2.39. The zero-order chi connectivity index (χ0) is 10.6. The van der Waals surface area contributed by atoms with Crippen LogP contribution < -0.4 is 0 Å². The minimum Gasteiger partial charge on any atom is -0.468 e. The van der Waals surface area contributed by atoms with Gasteiger partial charge in [0.05, 0.1) is 14.2 Å². The summed E-state index contributed by atoms with van der Waals surface area (Å²) in [6.45, 7) is 0. The zero-order valence-corrected chi connectivity index (χ0v) is 8.36. The van der Waals surface area contributed by atoms with Crippen molar-refractivity contribution in [3.8, 4) is 0 Å². The van der Waals surface area contributed by atoms with Gasteiger partial charge in [-0.3, -0.25) is 9.59 Å². The standard InChI is InChI=1S/C10H14O4/c1-13-9(11)8(10(12)14-2)7-5-3-4-6-7/h3,5,7-8H,4,6H2,1-2H3/t7-/m0/s1. The lowest BCUT2D eigenvalue weighted by molar-refractivity contribution is -0.160. The van der Waals surface area contributed by atoms with Crippen molar-refractivity contribution in [1.29, 1.82) is 0 Å². The van der Waals surface area contributed by atoms with Crippen molar-refractivity contribution in [2.75, 3.05) is 14.2 Å². The highest BCUT2D eigenvalue weighted by molar-refractivity contribution is 5.95. The summed E-state index contributed by atoms with van der Waals surface area (Å²) in [4.78, 5) is 22.7. The first-order chi connectivity index (χ1) is 6.70. The van der Waals surface area contributed by atoms with Crippen molar-refractivity contribution in [1.82, 2.24) is 0 Å². The number of carbonyl (C=O) groups is 2. The number of hydrogen-bond donors (Lipinski definition) is 0. The second kappa shape index (κ2) is 4.79. The first-order valence-corrected chi connectivity index (χ1v) is 4.53. The van der Waals surface area contributed by atoms with Crippen molar-refractivity contribution in [2.45, 2.75) is 12.8 Å². The van der Waals surface area contributed by atoms with Crippen LogP contribution in [0.4, 0.5) is 0 Å². The Bertz CT molecular complexity index is 241. The van der Waals surface area contributed by atoms with Gasteiger partial charge in [-0.15, -0.1) is 0 Å². The number of carbonyl (C=O) groups excluding carboxylic acids is 2. The molecule has 1 aliphatic carbocycles. The summed E-state index contributed by atoms with van der Waals surface area (Å²) < 4.78 is 9.15. The molecular formula is C10H14O4.